The Balaban J connectivity index is 1.64. The molecule has 0 amide bonds. The number of rotatable bonds is 3. The topological polar surface area (TPSA) is 26.3 Å². The third kappa shape index (κ3) is 3.21. The second-order valence-electron chi connectivity index (χ2n) is 8.01. The summed E-state index contributed by atoms with van der Waals surface area (Å²) < 4.78 is 5.61. The molecule has 2 nitrogen and oxygen atoms in total. The van der Waals surface area contributed by atoms with Gasteiger partial charge in [0.05, 0.1) is 5.57 Å². The molecule has 0 radical (unpaired) electrons. The van der Waals surface area contributed by atoms with Crippen LogP contribution in [0.5, 0.6) is 0 Å². The Morgan fingerprint density at radius 1 is 0.800 bits per heavy atom. The van der Waals surface area contributed by atoms with Gasteiger partial charge < -0.3 is 4.74 Å². The first-order valence-electron chi connectivity index (χ1n) is 10.3. The molecule has 0 bridgehead atoms. The zero-order chi connectivity index (χ0) is 20.7. The van der Waals surface area contributed by atoms with Gasteiger partial charge in [-0.15, -0.1) is 0 Å². The summed E-state index contributed by atoms with van der Waals surface area (Å²) in [4.78, 5) is 12.7. The number of hydrogen-bond acceptors (Lipinski definition) is 2. The molecular weight excluding hydrogens is 368 g/mol. The van der Waals surface area contributed by atoms with Gasteiger partial charge in [0.2, 0.25) is 0 Å². The molecule has 4 aromatic carbocycles. The van der Waals surface area contributed by atoms with E-state index >= 15 is 0 Å². The number of hydrogen-bond donors (Lipinski definition) is 0. The second kappa shape index (κ2) is 7.31. The Labute approximate surface area is 176 Å². The smallest absolute Gasteiger partial charge is 0.343 e. The summed E-state index contributed by atoms with van der Waals surface area (Å²) in [6.45, 7) is 4.33. The highest BCUT2D eigenvalue weighted by Crippen LogP contribution is 2.33. The lowest BCUT2D eigenvalue weighted by Crippen LogP contribution is -1.97. The van der Waals surface area contributed by atoms with Crippen molar-refractivity contribution in [3.8, 4) is 0 Å². The molecule has 0 spiro atoms. The Morgan fingerprint density at radius 3 is 2.00 bits per heavy atom. The van der Waals surface area contributed by atoms with Gasteiger partial charge in [-0.2, -0.15) is 0 Å². The highest BCUT2D eigenvalue weighted by atomic mass is 16.5. The predicted octanol–water partition coefficient (Wildman–Crippen LogP) is 7.10. The maximum Gasteiger partial charge on any atom is 0.343 e. The molecule has 146 valence electrons. The van der Waals surface area contributed by atoms with Crippen molar-refractivity contribution in [1.82, 2.24) is 0 Å². The van der Waals surface area contributed by atoms with Crippen molar-refractivity contribution in [2.75, 3.05) is 0 Å². The second-order valence-corrected chi connectivity index (χ2v) is 8.01. The molecule has 1 heterocycles. The summed E-state index contributed by atoms with van der Waals surface area (Å²) >= 11 is 0. The Bertz CT molecular complexity index is 1280. The van der Waals surface area contributed by atoms with Gasteiger partial charge >= 0.3 is 5.97 Å². The van der Waals surface area contributed by atoms with Gasteiger partial charge in [-0.25, -0.2) is 4.79 Å². The molecule has 0 aromatic heterocycles. The minimum Gasteiger partial charge on any atom is -0.422 e. The van der Waals surface area contributed by atoms with Crippen LogP contribution < -0.4 is 0 Å². The third-order valence-electron chi connectivity index (χ3n) is 5.70. The minimum atomic E-state index is -0.310. The molecule has 4 aromatic rings. The van der Waals surface area contributed by atoms with Crippen LogP contribution in [-0.4, -0.2) is 5.97 Å². The van der Waals surface area contributed by atoms with Crippen molar-refractivity contribution in [2.45, 2.75) is 19.8 Å². The molecule has 0 saturated heterocycles. The first-order valence-corrected chi connectivity index (χ1v) is 10.3. The van der Waals surface area contributed by atoms with E-state index in [9.17, 15) is 4.79 Å². The molecule has 2 heteroatoms. The van der Waals surface area contributed by atoms with E-state index in [1.54, 1.807) is 0 Å². The zero-order valence-corrected chi connectivity index (χ0v) is 17.1. The fraction of sp³-hybridized carbons (Fsp3) is 0.107. The number of fused-ring (bicyclic) bond motifs is 2. The van der Waals surface area contributed by atoms with Crippen LogP contribution in [0.1, 0.15) is 36.5 Å². The van der Waals surface area contributed by atoms with Gasteiger partial charge in [-0.1, -0.05) is 86.6 Å². The lowest BCUT2D eigenvalue weighted by molar-refractivity contribution is -0.130. The van der Waals surface area contributed by atoms with Crippen LogP contribution in [0.15, 0.2) is 90.5 Å². The number of carbonyl (C=O) groups excluding carboxylic acids is 1. The van der Waals surface area contributed by atoms with Crippen molar-refractivity contribution in [3.05, 3.63) is 107 Å². The fourth-order valence-corrected chi connectivity index (χ4v) is 4.02. The van der Waals surface area contributed by atoms with Crippen LogP contribution in [0.3, 0.4) is 0 Å². The SMILES string of the molecule is CC(C)c1ccc(C2=C/C(=C/c3c4ccccc4cc4ccccc34)C(=O)O2)cc1. The number of cyclic esters (lactones) is 1. The van der Waals surface area contributed by atoms with Gasteiger partial charge in [0.25, 0.3) is 0 Å². The minimum absolute atomic E-state index is 0.310. The highest BCUT2D eigenvalue weighted by molar-refractivity contribution is 6.12. The van der Waals surface area contributed by atoms with Crippen molar-refractivity contribution < 1.29 is 9.53 Å². The summed E-state index contributed by atoms with van der Waals surface area (Å²) in [6.07, 6.45) is 3.81. The standard InChI is InChI=1S/C28H22O2/c1-18(2)19-11-13-20(14-12-19)27-17-23(28(29)30-27)16-26-24-9-5-3-7-21(24)15-22-8-4-6-10-25(22)26/h3-18H,1-2H3/b23-16-. The lowest BCUT2D eigenvalue weighted by Gasteiger charge is -2.08. The summed E-state index contributed by atoms with van der Waals surface area (Å²) in [5, 5.41) is 4.56. The van der Waals surface area contributed by atoms with Crippen molar-refractivity contribution >= 4 is 39.3 Å². The van der Waals surface area contributed by atoms with E-state index in [2.05, 4.69) is 56.3 Å². The van der Waals surface area contributed by atoms with E-state index in [1.165, 1.54) is 5.56 Å². The first kappa shape index (κ1) is 18.4. The van der Waals surface area contributed by atoms with Crippen LogP contribution >= 0.6 is 0 Å². The Kier molecular flexibility index (Phi) is 4.48. The average molecular weight is 390 g/mol. The zero-order valence-electron chi connectivity index (χ0n) is 17.1. The van der Waals surface area contributed by atoms with E-state index in [0.717, 1.165) is 32.7 Å². The van der Waals surface area contributed by atoms with Gasteiger partial charge in [-0.3, -0.25) is 0 Å². The molecular formula is C28H22O2. The van der Waals surface area contributed by atoms with Gasteiger partial charge in [0, 0.05) is 5.56 Å². The van der Waals surface area contributed by atoms with E-state index < -0.39 is 0 Å². The van der Waals surface area contributed by atoms with Gasteiger partial charge in [0.15, 0.2) is 0 Å². The summed E-state index contributed by atoms with van der Waals surface area (Å²) in [6, 6.07) is 27.0. The molecule has 0 unspecified atom stereocenters. The average Bonchev–Trinajstić information content (AvgIpc) is 3.14. The van der Waals surface area contributed by atoms with Crippen LogP contribution in [0, 0.1) is 0 Å². The molecule has 0 N–H and O–H groups in total. The van der Waals surface area contributed by atoms with Gasteiger partial charge in [-0.05, 0) is 56.8 Å². The van der Waals surface area contributed by atoms with E-state index in [-0.39, 0.29) is 5.97 Å². The number of carbonyl (C=O) groups is 1. The van der Waals surface area contributed by atoms with Crippen LogP contribution in [0.4, 0.5) is 0 Å². The quantitative estimate of drug-likeness (QED) is 0.212. The maximum atomic E-state index is 12.7. The largest absolute Gasteiger partial charge is 0.422 e. The normalized spacial score (nSPS) is 15.2. The number of esters is 1. The van der Waals surface area contributed by atoms with E-state index in [0.29, 0.717) is 17.3 Å². The molecule has 1 aliphatic rings. The molecule has 0 aliphatic carbocycles. The summed E-state index contributed by atoms with van der Waals surface area (Å²) in [5.41, 5.74) is 3.79. The molecule has 1 aliphatic heterocycles. The molecule has 0 atom stereocenters. The summed E-state index contributed by atoms with van der Waals surface area (Å²) in [5.74, 6) is 0.760. The molecule has 5 rings (SSSR count). The van der Waals surface area contributed by atoms with E-state index in [1.807, 2.05) is 48.6 Å². The Hall–Kier alpha value is -3.65. The van der Waals surface area contributed by atoms with Crippen molar-refractivity contribution in [2.24, 2.45) is 0 Å². The van der Waals surface area contributed by atoms with E-state index in [4.69, 9.17) is 4.74 Å². The van der Waals surface area contributed by atoms with Crippen LogP contribution in [-0.2, 0) is 9.53 Å². The summed E-state index contributed by atoms with van der Waals surface area (Å²) in [7, 11) is 0. The molecule has 30 heavy (non-hydrogen) atoms. The number of ether oxygens (including phenoxy) is 1. The van der Waals surface area contributed by atoms with Crippen LogP contribution in [0.25, 0.3) is 33.4 Å². The maximum absolute atomic E-state index is 12.7. The Morgan fingerprint density at radius 2 is 1.40 bits per heavy atom. The third-order valence-corrected chi connectivity index (χ3v) is 5.70. The number of benzene rings is 4. The molecule has 0 saturated carbocycles. The first-order chi connectivity index (χ1) is 14.6. The van der Waals surface area contributed by atoms with Gasteiger partial charge in [0.1, 0.15) is 5.76 Å². The predicted molar refractivity (Wildman–Crippen MR) is 124 cm³/mol. The lowest BCUT2D eigenvalue weighted by atomic mass is 9.95. The van der Waals surface area contributed by atoms with Crippen molar-refractivity contribution in [1.29, 1.82) is 0 Å². The van der Waals surface area contributed by atoms with Crippen molar-refractivity contribution in [3.63, 3.8) is 0 Å². The van der Waals surface area contributed by atoms with Crippen LogP contribution in [0.2, 0.25) is 0 Å². The molecule has 0 fully saturated rings. The monoisotopic (exact) mass is 390 g/mol. The fourth-order valence-electron chi connectivity index (χ4n) is 4.02. The highest BCUT2D eigenvalue weighted by Gasteiger charge is 2.22.